The Balaban J connectivity index is 1.65. The maximum absolute atomic E-state index is 12.2. The number of rotatable bonds is 3. The van der Waals surface area contributed by atoms with E-state index in [0.717, 1.165) is 5.69 Å². The van der Waals surface area contributed by atoms with Crippen molar-refractivity contribution in [2.24, 2.45) is 0 Å². The van der Waals surface area contributed by atoms with E-state index in [2.05, 4.69) is 20.8 Å². The zero-order valence-corrected chi connectivity index (χ0v) is 12.5. The summed E-state index contributed by atoms with van der Waals surface area (Å²) in [6, 6.07) is 1.02. The first-order valence-electron chi connectivity index (χ1n) is 7.39. The fourth-order valence-electron chi connectivity index (χ4n) is 2.85. The molecule has 3 N–H and O–H groups in total. The van der Waals surface area contributed by atoms with Crippen LogP contribution in [0.1, 0.15) is 42.4 Å². The van der Waals surface area contributed by atoms with Crippen molar-refractivity contribution in [2.45, 2.75) is 38.3 Å². The van der Waals surface area contributed by atoms with Gasteiger partial charge in [0.05, 0.1) is 6.54 Å². The summed E-state index contributed by atoms with van der Waals surface area (Å²) < 4.78 is 0. The number of hydrogen-bond donors (Lipinski definition) is 3. The summed E-state index contributed by atoms with van der Waals surface area (Å²) in [6.45, 7) is 4.42. The van der Waals surface area contributed by atoms with Crippen molar-refractivity contribution in [1.82, 2.24) is 25.7 Å². The molecule has 8 heteroatoms. The molecule has 0 spiro atoms. The van der Waals surface area contributed by atoms with Gasteiger partial charge < -0.3 is 15.5 Å². The lowest BCUT2D eigenvalue weighted by atomic mass is 10.1. The van der Waals surface area contributed by atoms with E-state index in [1.165, 1.54) is 4.90 Å². The number of carbonyl (C=O) groups is 3. The summed E-state index contributed by atoms with van der Waals surface area (Å²) in [7, 11) is 0. The highest BCUT2D eigenvalue weighted by Gasteiger charge is 2.42. The van der Waals surface area contributed by atoms with Gasteiger partial charge >= 0.3 is 0 Å². The molecule has 3 amide bonds. The predicted molar refractivity (Wildman–Crippen MR) is 77.1 cm³/mol. The number of carbonyl (C=O) groups excluding carboxylic acids is 3. The van der Waals surface area contributed by atoms with E-state index in [1.54, 1.807) is 6.07 Å². The minimum absolute atomic E-state index is 0.0348. The molecule has 3 heterocycles. The Morgan fingerprint density at radius 2 is 2.23 bits per heavy atom. The molecule has 0 radical (unpaired) electrons. The average molecular weight is 305 g/mol. The van der Waals surface area contributed by atoms with Crippen molar-refractivity contribution in [1.29, 1.82) is 0 Å². The second-order valence-corrected chi connectivity index (χ2v) is 6.05. The predicted octanol–water partition coefficient (Wildman–Crippen LogP) is -0.638. The summed E-state index contributed by atoms with van der Waals surface area (Å²) in [5.74, 6) is -0.293. The fourth-order valence-corrected chi connectivity index (χ4v) is 2.85. The lowest BCUT2D eigenvalue weighted by molar-refractivity contribution is -0.143. The van der Waals surface area contributed by atoms with E-state index in [1.807, 2.05) is 13.8 Å². The zero-order valence-electron chi connectivity index (χ0n) is 12.5. The second kappa shape index (κ2) is 5.43. The van der Waals surface area contributed by atoms with Gasteiger partial charge in [-0.05, 0) is 18.4 Å². The first-order valence-corrected chi connectivity index (χ1v) is 7.39. The number of fused-ring (bicyclic) bond motifs is 1. The molecule has 8 nitrogen and oxygen atoms in total. The number of nitrogens with zero attached hydrogens (tertiary/aromatic N) is 2. The van der Waals surface area contributed by atoms with Crippen LogP contribution in [0.25, 0.3) is 0 Å². The molecule has 0 aromatic carbocycles. The third-order valence-electron chi connectivity index (χ3n) is 4.13. The van der Waals surface area contributed by atoms with Gasteiger partial charge in [0.25, 0.3) is 5.91 Å². The van der Waals surface area contributed by atoms with Gasteiger partial charge in [-0.25, -0.2) is 0 Å². The molecule has 1 aromatic heterocycles. The summed E-state index contributed by atoms with van der Waals surface area (Å²) in [6.07, 6.45) is 0.435. The molecule has 118 valence electrons. The Hall–Kier alpha value is -2.38. The number of piperazine rings is 1. The van der Waals surface area contributed by atoms with E-state index in [4.69, 9.17) is 0 Å². The van der Waals surface area contributed by atoms with Crippen molar-refractivity contribution >= 4 is 17.7 Å². The summed E-state index contributed by atoms with van der Waals surface area (Å²) in [5, 5.41) is 12.3. The summed E-state index contributed by atoms with van der Waals surface area (Å²) >= 11 is 0. The Morgan fingerprint density at radius 1 is 1.45 bits per heavy atom. The van der Waals surface area contributed by atoms with Crippen molar-refractivity contribution in [2.75, 3.05) is 13.1 Å². The molecule has 2 aliphatic rings. The monoisotopic (exact) mass is 305 g/mol. The lowest BCUT2D eigenvalue weighted by Gasteiger charge is -2.28. The van der Waals surface area contributed by atoms with E-state index in [9.17, 15) is 14.4 Å². The highest BCUT2D eigenvalue weighted by atomic mass is 16.2. The van der Waals surface area contributed by atoms with Crippen molar-refractivity contribution < 1.29 is 14.4 Å². The van der Waals surface area contributed by atoms with Crippen molar-refractivity contribution in [3.05, 3.63) is 17.5 Å². The Kier molecular flexibility index (Phi) is 3.59. The molecule has 22 heavy (non-hydrogen) atoms. The molecule has 2 aliphatic heterocycles. The van der Waals surface area contributed by atoms with E-state index in [-0.39, 0.29) is 36.2 Å². The SMILES string of the molecule is CC(C)c1cc(C(=O)N[C@@H]2C[C@H]3C(=O)NCC(=O)N3C2)n[nH]1. The quantitative estimate of drug-likeness (QED) is 0.690. The first kappa shape index (κ1) is 14.6. The van der Waals surface area contributed by atoms with Gasteiger partial charge in [-0.3, -0.25) is 19.5 Å². The molecule has 0 aliphatic carbocycles. The van der Waals surface area contributed by atoms with Crippen LogP contribution in [0, 0.1) is 0 Å². The first-order chi connectivity index (χ1) is 10.5. The third-order valence-corrected chi connectivity index (χ3v) is 4.13. The van der Waals surface area contributed by atoms with E-state index in [0.29, 0.717) is 18.7 Å². The maximum Gasteiger partial charge on any atom is 0.272 e. The molecule has 3 rings (SSSR count). The molecule has 1 aromatic rings. The smallest absolute Gasteiger partial charge is 0.272 e. The van der Waals surface area contributed by atoms with Gasteiger partial charge in [0.1, 0.15) is 11.7 Å². The molecule has 2 atom stereocenters. The van der Waals surface area contributed by atoms with Crippen LogP contribution in [-0.2, 0) is 9.59 Å². The van der Waals surface area contributed by atoms with Gasteiger partial charge in [-0.1, -0.05) is 13.8 Å². The summed E-state index contributed by atoms with van der Waals surface area (Å²) in [4.78, 5) is 37.3. The van der Waals surface area contributed by atoms with Crippen molar-refractivity contribution in [3.8, 4) is 0 Å². The van der Waals surface area contributed by atoms with Crippen LogP contribution in [-0.4, -0.2) is 58.0 Å². The molecule has 2 fully saturated rings. The standard InChI is InChI=1S/C14H19N5O3/c1-7(2)9-4-10(18-17-9)13(21)16-8-3-11-14(22)15-5-12(20)19(11)6-8/h4,7-8,11H,3,5-6H2,1-2H3,(H,15,22)(H,16,21)(H,17,18)/t8-,11+/m1/s1. The maximum atomic E-state index is 12.2. The normalized spacial score (nSPS) is 24.4. The molecule has 0 bridgehead atoms. The topological polar surface area (TPSA) is 107 Å². The highest BCUT2D eigenvalue weighted by molar-refractivity contribution is 5.96. The van der Waals surface area contributed by atoms with Crippen LogP contribution < -0.4 is 10.6 Å². The fraction of sp³-hybridized carbons (Fsp3) is 0.571. The van der Waals surface area contributed by atoms with Crippen LogP contribution >= 0.6 is 0 Å². The molecular formula is C14H19N5O3. The van der Waals surface area contributed by atoms with Gasteiger partial charge in [0, 0.05) is 18.3 Å². The number of aromatic amines is 1. The van der Waals surface area contributed by atoms with E-state index >= 15 is 0 Å². The number of H-pyrrole nitrogens is 1. The van der Waals surface area contributed by atoms with Gasteiger partial charge in [0.15, 0.2) is 0 Å². The number of nitrogens with one attached hydrogen (secondary N) is 3. The number of aromatic nitrogens is 2. The largest absolute Gasteiger partial charge is 0.346 e. The molecule has 2 saturated heterocycles. The Bertz CT molecular complexity index is 600. The lowest BCUT2D eigenvalue weighted by Crippen LogP contribution is -2.55. The Labute approximate surface area is 127 Å². The van der Waals surface area contributed by atoms with Crippen LogP contribution in [0.2, 0.25) is 0 Å². The molecule has 0 unspecified atom stereocenters. The number of amides is 3. The van der Waals surface area contributed by atoms with Crippen LogP contribution in [0.15, 0.2) is 6.07 Å². The number of hydrogen-bond acceptors (Lipinski definition) is 4. The van der Waals surface area contributed by atoms with Crippen molar-refractivity contribution in [3.63, 3.8) is 0 Å². The molecular weight excluding hydrogens is 286 g/mol. The zero-order chi connectivity index (χ0) is 15.9. The van der Waals surface area contributed by atoms with Crippen LogP contribution in [0.3, 0.4) is 0 Å². The highest BCUT2D eigenvalue weighted by Crippen LogP contribution is 2.21. The second-order valence-electron chi connectivity index (χ2n) is 6.05. The van der Waals surface area contributed by atoms with Crippen LogP contribution in [0.5, 0.6) is 0 Å². The third kappa shape index (κ3) is 2.56. The Morgan fingerprint density at radius 3 is 2.86 bits per heavy atom. The molecule has 0 saturated carbocycles. The van der Waals surface area contributed by atoms with Crippen LogP contribution in [0.4, 0.5) is 0 Å². The van der Waals surface area contributed by atoms with E-state index < -0.39 is 6.04 Å². The van der Waals surface area contributed by atoms with Gasteiger partial charge in [-0.2, -0.15) is 5.10 Å². The van der Waals surface area contributed by atoms with Gasteiger partial charge in [0.2, 0.25) is 11.8 Å². The minimum Gasteiger partial charge on any atom is -0.346 e. The minimum atomic E-state index is -0.475. The van der Waals surface area contributed by atoms with Gasteiger partial charge in [-0.15, -0.1) is 0 Å². The summed E-state index contributed by atoms with van der Waals surface area (Å²) in [5.41, 5.74) is 1.22. The average Bonchev–Trinajstić information content (AvgIpc) is 3.10.